The largest absolute Gasteiger partial charge is 0.456 e. The van der Waals surface area contributed by atoms with Gasteiger partial charge in [0.1, 0.15) is 17.2 Å². The monoisotopic (exact) mass is 540 g/mol. The number of carbonyl (C=O) groups is 1. The summed E-state index contributed by atoms with van der Waals surface area (Å²) in [5.74, 6) is -0.273. The fourth-order valence-electron chi connectivity index (χ4n) is 4.07. The normalized spacial score (nSPS) is 15.7. The molecule has 0 spiro atoms. The first-order valence-corrected chi connectivity index (χ1v) is 13.3. The average molecular weight is 541 g/mol. The lowest BCUT2D eigenvalue weighted by Crippen LogP contribution is -2.44. The Kier molecular flexibility index (Phi) is 7.53. The van der Waals surface area contributed by atoms with E-state index in [1.54, 1.807) is 63.2 Å². The number of hydrogen-bond acceptors (Lipinski definition) is 9. The number of ether oxygens (including phenoxy) is 1. The van der Waals surface area contributed by atoms with Gasteiger partial charge in [0, 0.05) is 37.1 Å². The first-order chi connectivity index (χ1) is 17.9. The minimum atomic E-state index is -4.37. The van der Waals surface area contributed by atoms with Crippen molar-refractivity contribution in [3.05, 3.63) is 88.6 Å². The molecule has 2 heterocycles. The van der Waals surface area contributed by atoms with Gasteiger partial charge in [0.05, 0.1) is 16.5 Å². The van der Waals surface area contributed by atoms with Crippen LogP contribution in [0.1, 0.15) is 37.6 Å². The molecule has 0 unspecified atom stereocenters. The van der Waals surface area contributed by atoms with Crippen molar-refractivity contribution in [2.45, 2.75) is 38.8 Å². The highest BCUT2D eigenvalue weighted by atomic mass is 32.2. The number of nitro groups is 1. The molecule has 12 heteroatoms. The summed E-state index contributed by atoms with van der Waals surface area (Å²) in [4.78, 5) is 28.9. The quantitative estimate of drug-likeness (QED) is 0.232. The van der Waals surface area contributed by atoms with Crippen molar-refractivity contribution in [2.24, 2.45) is 0 Å². The zero-order valence-corrected chi connectivity index (χ0v) is 22.0. The Morgan fingerprint density at radius 3 is 2.34 bits per heavy atom. The molecule has 1 aliphatic rings. The Labute approximate surface area is 221 Å². The first-order valence-electron chi connectivity index (χ1n) is 11.9. The molecule has 0 bridgehead atoms. The van der Waals surface area contributed by atoms with Gasteiger partial charge in [-0.3, -0.25) is 10.1 Å². The van der Waals surface area contributed by atoms with E-state index in [0.717, 1.165) is 9.99 Å². The van der Waals surface area contributed by atoms with E-state index in [1.807, 2.05) is 4.90 Å². The molecule has 1 saturated heterocycles. The summed E-state index contributed by atoms with van der Waals surface area (Å²) in [6.45, 7) is 6.32. The number of carbonyl (C=O) groups excluding carboxylic acids is 1. The summed E-state index contributed by atoms with van der Waals surface area (Å²) in [6, 6.07) is 16.2. The number of non-ortho nitro benzene ring substituents is 1. The predicted molar refractivity (Wildman–Crippen MR) is 142 cm³/mol. The maximum absolute atomic E-state index is 13.4. The number of nitro benzene ring substituents is 1. The standard InChI is InChI=1S/C26H28N4O7S/c1-26(2,3)36-25(31)19-7-9-20(10-8-19)28-17-15-22(18-28)29(24-6-4-5-16-27-24)38(34,35)37-23-13-11-21(12-14-23)30(32)33/h4-14,16,22H,15,17-18H2,1-3H3/t22-/m0/s1. The van der Waals surface area contributed by atoms with Crippen LogP contribution in [0.3, 0.4) is 0 Å². The Morgan fingerprint density at radius 1 is 1.08 bits per heavy atom. The molecule has 0 amide bonds. The van der Waals surface area contributed by atoms with Gasteiger partial charge < -0.3 is 13.8 Å². The third-order valence-corrected chi connectivity index (χ3v) is 7.10. The molecule has 11 nitrogen and oxygen atoms in total. The van der Waals surface area contributed by atoms with Gasteiger partial charge in [0.25, 0.3) is 5.69 Å². The van der Waals surface area contributed by atoms with Crippen LogP contribution in [0.5, 0.6) is 5.75 Å². The molecule has 38 heavy (non-hydrogen) atoms. The fourth-order valence-corrected chi connectivity index (χ4v) is 5.38. The van der Waals surface area contributed by atoms with Crippen LogP contribution in [0.4, 0.5) is 17.2 Å². The van der Waals surface area contributed by atoms with E-state index in [4.69, 9.17) is 8.92 Å². The van der Waals surface area contributed by atoms with E-state index in [-0.39, 0.29) is 17.3 Å². The van der Waals surface area contributed by atoms with Gasteiger partial charge in [-0.2, -0.15) is 8.42 Å². The van der Waals surface area contributed by atoms with Crippen molar-refractivity contribution in [1.82, 2.24) is 4.98 Å². The highest BCUT2D eigenvalue weighted by Gasteiger charge is 2.38. The first kappa shape index (κ1) is 26.9. The second kappa shape index (κ2) is 10.7. The van der Waals surface area contributed by atoms with Crippen molar-refractivity contribution in [3.8, 4) is 5.75 Å². The third kappa shape index (κ3) is 6.38. The lowest BCUT2D eigenvalue weighted by molar-refractivity contribution is -0.384. The summed E-state index contributed by atoms with van der Waals surface area (Å²) in [5.41, 5.74) is 0.470. The maximum Gasteiger partial charge on any atom is 0.411 e. The zero-order valence-electron chi connectivity index (χ0n) is 21.2. The van der Waals surface area contributed by atoms with Crippen molar-refractivity contribution >= 4 is 33.5 Å². The summed E-state index contributed by atoms with van der Waals surface area (Å²) in [6.07, 6.45) is 1.99. The molecule has 3 aromatic rings. The smallest absolute Gasteiger partial charge is 0.411 e. The van der Waals surface area contributed by atoms with Crippen molar-refractivity contribution in [1.29, 1.82) is 0 Å². The fraction of sp³-hybridized carbons (Fsp3) is 0.308. The Bertz CT molecular complexity index is 1390. The molecule has 1 aromatic heterocycles. The lowest BCUT2D eigenvalue weighted by Gasteiger charge is -2.28. The molecule has 0 radical (unpaired) electrons. The Morgan fingerprint density at radius 2 is 1.76 bits per heavy atom. The van der Waals surface area contributed by atoms with Gasteiger partial charge in [0.15, 0.2) is 0 Å². The van der Waals surface area contributed by atoms with E-state index < -0.39 is 32.8 Å². The molecule has 1 atom stereocenters. The molecular formula is C26H28N4O7S. The lowest BCUT2D eigenvalue weighted by atomic mass is 10.1. The molecule has 0 aliphatic carbocycles. The van der Waals surface area contributed by atoms with Crippen molar-refractivity contribution in [3.63, 3.8) is 0 Å². The number of benzene rings is 2. The SMILES string of the molecule is CC(C)(C)OC(=O)c1ccc(N2CC[C@H](N(c3ccccn3)S(=O)(=O)Oc3ccc([N+](=O)[O-])cc3)C2)cc1. The molecule has 2 aromatic carbocycles. The number of anilines is 2. The van der Waals surface area contributed by atoms with E-state index in [1.165, 1.54) is 30.5 Å². The minimum Gasteiger partial charge on any atom is -0.456 e. The summed E-state index contributed by atoms with van der Waals surface area (Å²) < 4.78 is 38.8. The van der Waals surface area contributed by atoms with Crippen molar-refractivity contribution < 1.29 is 27.1 Å². The number of nitrogens with zero attached hydrogens (tertiary/aromatic N) is 4. The highest BCUT2D eigenvalue weighted by Crippen LogP contribution is 2.30. The third-order valence-electron chi connectivity index (χ3n) is 5.73. The van der Waals surface area contributed by atoms with E-state index in [2.05, 4.69) is 4.98 Å². The van der Waals surface area contributed by atoms with Crippen molar-refractivity contribution in [2.75, 3.05) is 22.3 Å². The number of esters is 1. The van der Waals surface area contributed by atoms with Gasteiger partial charge in [-0.1, -0.05) is 6.07 Å². The minimum absolute atomic E-state index is 0.0517. The number of aromatic nitrogens is 1. The van der Waals surface area contributed by atoms with Gasteiger partial charge in [-0.25, -0.2) is 14.1 Å². The van der Waals surface area contributed by atoms with Crippen LogP contribution >= 0.6 is 0 Å². The van der Waals surface area contributed by atoms with Crippen LogP contribution in [-0.4, -0.2) is 49.0 Å². The molecule has 0 N–H and O–H groups in total. The van der Waals surface area contributed by atoms with Crippen LogP contribution in [0.2, 0.25) is 0 Å². The summed E-state index contributed by atoms with van der Waals surface area (Å²) >= 11 is 0. The Balaban J connectivity index is 1.54. The molecule has 1 fully saturated rings. The van der Waals surface area contributed by atoms with Crippen LogP contribution < -0.4 is 13.4 Å². The van der Waals surface area contributed by atoms with Crippen LogP contribution in [0.25, 0.3) is 0 Å². The molecule has 1 aliphatic heterocycles. The average Bonchev–Trinajstić information content (AvgIpc) is 3.33. The van der Waals surface area contributed by atoms with E-state index in [9.17, 15) is 23.3 Å². The van der Waals surface area contributed by atoms with Crippen LogP contribution in [0, 0.1) is 10.1 Å². The van der Waals surface area contributed by atoms with E-state index in [0.29, 0.717) is 25.1 Å². The summed E-state index contributed by atoms with van der Waals surface area (Å²) in [7, 11) is -4.37. The number of rotatable bonds is 8. The maximum atomic E-state index is 13.4. The molecule has 200 valence electrons. The van der Waals surface area contributed by atoms with Gasteiger partial charge >= 0.3 is 16.3 Å². The second-order valence-corrected chi connectivity index (χ2v) is 11.1. The van der Waals surface area contributed by atoms with E-state index >= 15 is 0 Å². The molecule has 0 saturated carbocycles. The number of pyridine rings is 1. The van der Waals surface area contributed by atoms with Crippen LogP contribution in [-0.2, 0) is 15.0 Å². The second-order valence-electron chi connectivity index (χ2n) is 9.71. The van der Waals surface area contributed by atoms with Gasteiger partial charge in [-0.15, -0.1) is 0 Å². The predicted octanol–water partition coefficient (Wildman–Crippen LogP) is 4.35. The van der Waals surface area contributed by atoms with Gasteiger partial charge in [0.2, 0.25) is 0 Å². The molecular weight excluding hydrogens is 512 g/mol. The molecule has 4 rings (SSSR count). The zero-order chi connectivity index (χ0) is 27.5. The Hall–Kier alpha value is -4.19. The summed E-state index contributed by atoms with van der Waals surface area (Å²) in [5, 5.41) is 10.9. The highest BCUT2D eigenvalue weighted by molar-refractivity contribution is 7.88. The van der Waals surface area contributed by atoms with Gasteiger partial charge in [-0.05, 0) is 75.7 Å². The topological polar surface area (TPSA) is 132 Å². The van der Waals surface area contributed by atoms with Crippen LogP contribution in [0.15, 0.2) is 72.9 Å². The number of hydrogen-bond donors (Lipinski definition) is 0.